The maximum Gasteiger partial charge on any atom is 0.187 e. The summed E-state index contributed by atoms with van der Waals surface area (Å²) in [6.07, 6.45) is 2.50. The van der Waals surface area contributed by atoms with E-state index in [1.807, 2.05) is 19.9 Å². The maximum atomic E-state index is 13.6. The average molecular weight is 353 g/mol. The van der Waals surface area contributed by atoms with Crippen molar-refractivity contribution in [2.24, 2.45) is 0 Å². The molecular weight excluding hydrogens is 333 g/mol. The predicted molar refractivity (Wildman–Crippen MR) is 96.3 cm³/mol. The summed E-state index contributed by atoms with van der Waals surface area (Å²) in [5.74, 6) is 0.564. The first kappa shape index (κ1) is 16.7. The zero-order valence-corrected chi connectivity index (χ0v) is 14.8. The number of aromatic nitrogens is 2. The number of aromatic amines is 1. The molecule has 3 heterocycles. The molecule has 0 radical (unpaired) electrons. The van der Waals surface area contributed by atoms with Gasteiger partial charge in [0.25, 0.3) is 0 Å². The van der Waals surface area contributed by atoms with Gasteiger partial charge < -0.3 is 9.51 Å². The SMILES string of the molecule is Cc1c[nH]c(CN2CCc3onc(-c4cccc(F)c4)c3C2)c(C)c1=O. The van der Waals surface area contributed by atoms with Crippen LogP contribution in [0.25, 0.3) is 11.3 Å². The van der Waals surface area contributed by atoms with Crippen LogP contribution in [0.2, 0.25) is 0 Å². The number of pyridine rings is 1. The van der Waals surface area contributed by atoms with Crippen molar-refractivity contribution in [1.82, 2.24) is 15.0 Å². The highest BCUT2D eigenvalue weighted by molar-refractivity contribution is 5.63. The lowest BCUT2D eigenvalue weighted by atomic mass is 10.0. The van der Waals surface area contributed by atoms with Gasteiger partial charge in [0.15, 0.2) is 5.43 Å². The van der Waals surface area contributed by atoms with Gasteiger partial charge in [0.05, 0.1) is 0 Å². The molecule has 0 bridgehead atoms. The van der Waals surface area contributed by atoms with Gasteiger partial charge in [0.1, 0.15) is 17.3 Å². The summed E-state index contributed by atoms with van der Waals surface area (Å²) in [6, 6.07) is 6.39. The van der Waals surface area contributed by atoms with Crippen LogP contribution in [-0.4, -0.2) is 21.6 Å². The third-order valence-electron chi connectivity index (χ3n) is 5.00. The molecule has 4 rings (SSSR count). The number of rotatable bonds is 3. The summed E-state index contributed by atoms with van der Waals surface area (Å²) < 4.78 is 19.0. The molecule has 1 aromatic carbocycles. The Bertz CT molecular complexity index is 1020. The van der Waals surface area contributed by atoms with Crippen LogP contribution in [0.5, 0.6) is 0 Å². The highest BCUT2D eigenvalue weighted by Gasteiger charge is 2.25. The summed E-state index contributed by atoms with van der Waals surface area (Å²) in [7, 11) is 0. The minimum absolute atomic E-state index is 0.0851. The Labute approximate surface area is 150 Å². The lowest BCUT2D eigenvalue weighted by molar-refractivity contribution is 0.226. The molecule has 26 heavy (non-hydrogen) atoms. The number of hydrogen-bond acceptors (Lipinski definition) is 4. The molecule has 0 saturated heterocycles. The van der Waals surface area contributed by atoms with Crippen LogP contribution in [0.4, 0.5) is 4.39 Å². The first-order valence-corrected chi connectivity index (χ1v) is 8.66. The summed E-state index contributed by atoms with van der Waals surface area (Å²) in [6.45, 7) is 5.79. The van der Waals surface area contributed by atoms with Crippen molar-refractivity contribution in [2.75, 3.05) is 6.54 Å². The van der Waals surface area contributed by atoms with Gasteiger partial charge in [-0.2, -0.15) is 0 Å². The molecule has 5 nitrogen and oxygen atoms in total. The van der Waals surface area contributed by atoms with Gasteiger partial charge in [-0.25, -0.2) is 4.39 Å². The Morgan fingerprint density at radius 3 is 3.00 bits per heavy atom. The Morgan fingerprint density at radius 2 is 2.19 bits per heavy atom. The van der Waals surface area contributed by atoms with Gasteiger partial charge >= 0.3 is 0 Å². The highest BCUT2D eigenvalue weighted by atomic mass is 19.1. The second kappa shape index (κ2) is 6.53. The van der Waals surface area contributed by atoms with Crippen LogP contribution in [0.3, 0.4) is 0 Å². The van der Waals surface area contributed by atoms with Crippen LogP contribution in [0, 0.1) is 19.7 Å². The van der Waals surface area contributed by atoms with Crippen molar-refractivity contribution >= 4 is 0 Å². The fourth-order valence-corrected chi connectivity index (χ4v) is 3.45. The Kier molecular flexibility index (Phi) is 4.20. The fourth-order valence-electron chi connectivity index (χ4n) is 3.45. The molecule has 0 saturated carbocycles. The van der Waals surface area contributed by atoms with E-state index >= 15 is 0 Å². The number of H-pyrrole nitrogens is 1. The molecule has 0 unspecified atom stereocenters. The molecule has 1 N–H and O–H groups in total. The van der Waals surface area contributed by atoms with Crippen LogP contribution in [-0.2, 0) is 19.5 Å². The van der Waals surface area contributed by atoms with E-state index < -0.39 is 0 Å². The Hall–Kier alpha value is -2.73. The van der Waals surface area contributed by atoms with E-state index in [2.05, 4.69) is 15.0 Å². The van der Waals surface area contributed by atoms with Crippen molar-refractivity contribution in [2.45, 2.75) is 33.4 Å². The van der Waals surface area contributed by atoms with Crippen molar-refractivity contribution in [3.05, 3.63) is 74.6 Å². The summed E-state index contributed by atoms with van der Waals surface area (Å²) >= 11 is 0. The quantitative estimate of drug-likeness (QED) is 0.784. The highest BCUT2D eigenvalue weighted by Crippen LogP contribution is 2.30. The van der Waals surface area contributed by atoms with E-state index in [4.69, 9.17) is 4.52 Å². The van der Waals surface area contributed by atoms with E-state index in [1.165, 1.54) is 12.1 Å². The van der Waals surface area contributed by atoms with Gasteiger partial charge in [-0.05, 0) is 26.0 Å². The zero-order valence-electron chi connectivity index (χ0n) is 14.8. The largest absolute Gasteiger partial charge is 0.363 e. The normalized spacial score (nSPS) is 14.4. The summed E-state index contributed by atoms with van der Waals surface area (Å²) in [5.41, 5.74) is 4.89. The smallest absolute Gasteiger partial charge is 0.187 e. The summed E-state index contributed by atoms with van der Waals surface area (Å²) in [5, 5.41) is 4.17. The number of fused-ring (bicyclic) bond motifs is 1. The molecule has 0 fully saturated rings. The molecule has 134 valence electrons. The maximum absolute atomic E-state index is 13.6. The molecule has 0 aliphatic carbocycles. The van der Waals surface area contributed by atoms with Crippen LogP contribution >= 0.6 is 0 Å². The van der Waals surface area contributed by atoms with Crippen molar-refractivity contribution in [1.29, 1.82) is 0 Å². The van der Waals surface area contributed by atoms with Crippen LogP contribution < -0.4 is 5.43 Å². The molecule has 1 aliphatic heterocycles. The molecule has 2 aromatic heterocycles. The Morgan fingerprint density at radius 1 is 1.35 bits per heavy atom. The van der Waals surface area contributed by atoms with Gasteiger partial charge in [-0.1, -0.05) is 17.3 Å². The number of nitrogens with one attached hydrogen (secondary N) is 1. The van der Waals surface area contributed by atoms with Gasteiger partial charge in [-0.15, -0.1) is 0 Å². The molecular formula is C20H20FN3O2. The first-order chi connectivity index (χ1) is 12.5. The summed E-state index contributed by atoms with van der Waals surface area (Å²) in [4.78, 5) is 17.6. The van der Waals surface area contributed by atoms with Crippen LogP contribution in [0.1, 0.15) is 28.1 Å². The molecule has 3 aromatic rings. The van der Waals surface area contributed by atoms with E-state index in [0.29, 0.717) is 18.8 Å². The number of nitrogens with zero attached hydrogens (tertiary/aromatic N) is 2. The van der Waals surface area contributed by atoms with Gasteiger partial charge in [-0.3, -0.25) is 9.69 Å². The van der Waals surface area contributed by atoms with Crippen molar-refractivity contribution in [3.63, 3.8) is 0 Å². The number of halogens is 1. The minimum atomic E-state index is -0.292. The van der Waals surface area contributed by atoms with Crippen LogP contribution in [0.15, 0.2) is 39.8 Å². The number of hydrogen-bond donors (Lipinski definition) is 1. The topological polar surface area (TPSA) is 62.1 Å². The molecule has 0 atom stereocenters. The van der Waals surface area contributed by atoms with Crippen molar-refractivity contribution < 1.29 is 8.91 Å². The van der Waals surface area contributed by atoms with E-state index in [9.17, 15) is 9.18 Å². The van der Waals surface area contributed by atoms with E-state index in [-0.39, 0.29) is 11.2 Å². The first-order valence-electron chi connectivity index (χ1n) is 8.66. The minimum Gasteiger partial charge on any atom is -0.363 e. The van der Waals surface area contributed by atoms with Crippen molar-refractivity contribution in [3.8, 4) is 11.3 Å². The number of aryl methyl sites for hydroxylation is 1. The third-order valence-corrected chi connectivity index (χ3v) is 5.00. The fraction of sp³-hybridized carbons (Fsp3) is 0.300. The second-order valence-corrected chi connectivity index (χ2v) is 6.81. The van der Waals surface area contributed by atoms with E-state index in [1.54, 1.807) is 12.3 Å². The molecule has 0 amide bonds. The predicted octanol–water partition coefficient (Wildman–Crippen LogP) is 3.34. The number of benzene rings is 1. The molecule has 6 heteroatoms. The van der Waals surface area contributed by atoms with Gasteiger partial charge in [0.2, 0.25) is 0 Å². The lowest BCUT2D eigenvalue weighted by Gasteiger charge is -2.26. The molecule has 0 spiro atoms. The average Bonchev–Trinajstić information content (AvgIpc) is 3.05. The standard InChI is InChI=1S/C20H20FN3O2/c1-12-9-22-17(13(2)20(12)25)11-24-7-6-18-16(10-24)19(23-26-18)14-4-3-5-15(21)8-14/h3-5,8-9H,6-7,10-11H2,1-2H3,(H,22,25). The third kappa shape index (κ3) is 2.97. The second-order valence-electron chi connectivity index (χ2n) is 6.81. The monoisotopic (exact) mass is 353 g/mol. The Balaban J connectivity index is 1.61. The van der Waals surface area contributed by atoms with E-state index in [0.717, 1.165) is 46.7 Å². The molecule has 1 aliphatic rings. The lowest BCUT2D eigenvalue weighted by Crippen LogP contribution is -2.31. The zero-order chi connectivity index (χ0) is 18.3. The van der Waals surface area contributed by atoms with Gasteiger partial charge in [0, 0.05) is 60.2 Å².